The lowest BCUT2D eigenvalue weighted by Gasteiger charge is -2.04. The molecule has 0 amide bonds. The van der Waals surface area contributed by atoms with Crippen LogP contribution in [0.5, 0.6) is 0 Å². The van der Waals surface area contributed by atoms with E-state index in [4.69, 9.17) is 4.42 Å². The smallest absolute Gasteiger partial charge is 0.183 e. The molecular weight excluding hydrogens is 208 g/mol. The van der Waals surface area contributed by atoms with Crippen molar-refractivity contribution in [1.82, 2.24) is 4.98 Å². The fourth-order valence-corrected chi connectivity index (χ4v) is 2.12. The Morgan fingerprint density at radius 2 is 2.20 bits per heavy atom. The molecule has 2 aromatic rings. The molecule has 0 fully saturated rings. The van der Waals surface area contributed by atoms with Crippen molar-refractivity contribution in [1.29, 1.82) is 0 Å². The molecule has 0 aliphatic rings. The van der Waals surface area contributed by atoms with Crippen LogP contribution in [-0.2, 0) is 0 Å². The molecule has 1 N–H and O–H groups in total. The summed E-state index contributed by atoms with van der Waals surface area (Å²) in [5.74, 6) is 1.75. The molecule has 15 heavy (non-hydrogen) atoms. The van der Waals surface area contributed by atoms with E-state index in [1.165, 1.54) is 0 Å². The van der Waals surface area contributed by atoms with Gasteiger partial charge in [0.05, 0.1) is 0 Å². The summed E-state index contributed by atoms with van der Waals surface area (Å²) in [7, 11) is 0. The minimum absolute atomic E-state index is 0.405. The molecule has 0 unspecified atom stereocenters. The second-order valence-electron chi connectivity index (χ2n) is 3.75. The van der Waals surface area contributed by atoms with E-state index < -0.39 is 0 Å². The number of aromatic nitrogens is 1. The second-order valence-corrected chi connectivity index (χ2v) is 4.61. The average molecular weight is 222 g/mol. The Hall–Kier alpha value is -1.29. The first-order valence-electron chi connectivity index (χ1n) is 4.94. The van der Waals surface area contributed by atoms with Crippen LogP contribution < -0.4 is 5.32 Å². The molecule has 0 atom stereocenters. The van der Waals surface area contributed by atoms with Gasteiger partial charge in [0.15, 0.2) is 10.9 Å². The molecule has 0 spiro atoms. The molecule has 3 nitrogen and oxygen atoms in total. The molecule has 0 saturated heterocycles. The van der Waals surface area contributed by atoms with E-state index in [9.17, 15) is 0 Å². The highest BCUT2D eigenvalue weighted by molar-refractivity contribution is 7.14. The largest absolute Gasteiger partial charge is 0.460 e. The predicted molar refractivity (Wildman–Crippen MR) is 63.3 cm³/mol. The monoisotopic (exact) mass is 222 g/mol. The van der Waals surface area contributed by atoms with E-state index in [0.717, 1.165) is 22.3 Å². The fourth-order valence-electron chi connectivity index (χ4n) is 1.27. The molecule has 0 bridgehead atoms. The molecule has 0 saturated carbocycles. The number of nitrogens with one attached hydrogen (secondary N) is 1. The van der Waals surface area contributed by atoms with E-state index in [-0.39, 0.29) is 0 Å². The molecular formula is C11H14N2OS. The van der Waals surface area contributed by atoms with Crippen LogP contribution in [0.1, 0.15) is 19.6 Å². The van der Waals surface area contributed by atoms with Crippen LogP contribution in [-0.4, -0.2) is 11.0 Å². The lowest BCUT2D eigenvalue weighted by atomic mass is 10.4. The zero-order chi connectivity index (χ0) is 10.8. The number of nitrogens with zero attached hydrogens (tertiary/aromatic N) is 1. The quantitative estimate of drug-likeness (QED) is 0.863. The van der Waals surface area contributed by atoms with Gasteiger partial charge < -0.3 is 9.73 Å². The first kappa shape index (κ1) is 10.2. The zero-order valence-electron chi connectivity index (χ0n) is 9.07. The van der Waals surface area contributed by atoms with Crippen LogP contribution in [0.2, 0.25) is 0 Å². The van der Waals surface area contributed by atoms with Gasteiger partial charge in [0, 0.05) is 11.4 Å². The van der Waals surface area contributed by atoms with Crippen molar-refractivity contribution in [3.05, 3.63) is 23.3 Å². The molecule has 0 radical (unpaired) electrons. The number of hydrogen-bond acceptors (Lipinski definition) is 4. The standard InChI is InChI=1S/C11H14N2OS/c1-7(2)12-11-13-9(6-15-11)10-5-4-8(3)14-10/h4-7H,1-3H3,(H,12,13). The minimum Gasteiger partial charge on any atom is -0.460 e. The Balaban J connectivity index is 2.20. The van der Waals surface area contributed by atoms with E-state index in [0.29, 0.717) is 6.04 Å². The maximum absolute atomic E-state index is 5.50. The van der Waals surface area contributed by atoms with Crippen LogP contribution in [0.25, 0.3) is 11.5 Å². The molecule has 80 valence electrons. The summed E-state index contributed by atoms with van der Waals surface area (Å²) in [5, 5.41) is 6.21. The Bertz CT molecular complexity index is 445. The Labute approximate surface area is 93.2 Å². The molecule has 0 aliphatic carbocycles. The third-order valence-corrected chi connectivity index (χ3v) is 2.68. The van der Waals surface area contributed by atoms with Crippen molar-refractivity contribution in [2.75, 3.05) is 5.32 Å². The number of thiazole rings is 1. The first-order valence-corrected chi connectivity index (χ1v) is 5.82. The maximum atomic E-state index is 5.50. The van der Waals surface area contributed by atoms with Crippen molar-refractivity contribution < 1.29 is 4.42 Å². The predicted octanol–water partition coefficient (Wildman–Crippen LogP) is 3.53. The highest BCUT2D eigenvalue weighted by Gasteiger charge is 2.08. The second kappa shape index (κ2) is 4.06. The Kier molecular flexibility index (Phi) is 2.77. The molecule has 0 aromatic carbocycles. The van der Waals surface area contributed by atoms with Gasteiger partial charge in [-0.25, -0.2) is 4.98 Å². The number of anilines is 1. The normalized spacial score (nSPS) is 10.9. The Morgan fingerprint density at radius 3 is 2.80 bits per heavy atom. The summed E-state index contributed by atoms with van der Waals surface area (Å²) in [4.78, 5) is 4.45. The van der Waals surface area contributed by atoms with Gasteiger partial charge >= 0.3 is 0 Å². The van der Waals surface area contributed by atoms with Gasteiger partial charge in [-0.3, -0.25) is 0 Å². The molecule has 4 heteroatoms. The first-order chi connectivity index (χ1) is 7.15. The highest BCUT2D eigenvalue weighted by Crippen LogP contribution is 2.26. The van der Waals surface area contributed by atoms with Crippen LogP contribution in [0, 0.1) is 6.92 Å². The van der Waals surface area contributed by atoms with Crippen molar-refractivity contribution in [3.63, 3.8) is 0 Å². The van der Waals surface area contributed by atoms with Crippen LogP contribution in [0.3, 0.4) is 0 Å². The Morgan fingerprint density at radius 1 is 1.40 bits per heavy atom. The van der Waals surface area contributed by atoms with E-state index in [1.807, 2.05) is 24.4 Å². The lowest BCUT2D eigenvalue weighted by Crippen LogP contribution is -2.08. The summed E-state index contributed by atoms with van der Waals surface area (Å²) in [6.07, 6.45) is 0. The fraction of sp³-hybridized carbons (Fsp3) is 0.364. The number of rotatable bonds is 3. The van der Waals surface area contributed by atoms with E-state index in [1.54, 1.807) is 11.3 Å². The zero-order valence-corrected chi connectivity index (χ0v) is 9.89. The topological polar surface area (TPSA) is 38.1 Å². The van der Waals surface area contributed by atoms with Crippen LogP contribution in [0.15, 0.2) is 21.9 Å². The SMILES string of the molecule is Cc1ccc(-c2csc(NC(C)C)n2)o1. The number of hydrogen-bond donors (Lipinski definition) is 1. The van der Waals surface area contributed by atoms with Crippen LogP contribution >= 0.6 is 11.3 Å². The van der Waals surface area contributed by atoms with Crippen molar-refractivity contribution in [2.45, 2.75) is 26.8 Å². The summed E-state index contributed by atoms with van der Waals surface area (Å²) < 4.78 is 5.50. The van der Waals surface area contributed by atoms with Gasteiger partial charge in [0.2, 0.25) is 0 Å². The molecule has 2 aromatic heterocycles. The molecule has 2 heterocycles. The summed E-state index contributed by atoms with van der Waals surface area (Å²) in [6.45, 7) is 6.12. The van der Waals surface area contributed by atoms with Crippen molar-refractivity contribution in [3.8, 4) is 11.5 Å². The summed E-state index contributed by atoms with van der Waals surface area (Å²) in [6, 6.07) is 4.30. The molecule has 0 aliphatic heterocycles. The van der Waals surface area contributed by atoms with Crippen LogP contribution in [0.4, 0.5) is 5.13 Å². The lowest BCUT2D eigenvalue weighted by molar-refractivity contribution is 0.547. The van der Waals surface area contributed by atoms with E-state index >= 15 is 0 Å². The van der Waals surface area contributed by atoms with Crippen molar-refractivity contribution in [2.24, 2.45) is 0 Å². The van der Waals surface area contributed by atoms with Gasteiger partial charge in [0.1, 0.15) is 11.5 Å². The average Bonchev–Trinajstić information content (AvgIpc) is 2.72. The summed E-state index contributed by atoms with van der Waals surface area (Å²) >= 11 is 1.60. The van der Waals surface area contributed by atoms with Gasteiger partial charge in [-0.2, -0.15) is 0 Å². The number of aryl methyl sites for hydroxylation is 1. The van der Waals surface area contributed by atoms with Gasteiger partial charge in [0.25, 0.3) is 0 Å². The third kappa shape index (κ3) is 2.39. The maximum Gasteiger partial charge on any atom is 0.183 e. The molecule has 2 rings (SSSR count). The van der Waals surface area contributed by atoms with Crippen molar-refractivity contribution >= 4 is 16.5 Å². The van der Waals surface area contributed by atoms with Gasteiger partial charge in [-0.1, -0.05) is 0 Å². The van der Waals surface area contributed by atoms with Gasteiger partial charge in [-0.05, 0) is 32.9 Å². The third-order valence-electron chi connectivity index (χ3n) is 1.91. The highest BCUT2D eigenvalue weighted by atomic mass is 32.1. The summed E-state index contributed by atoms with van der Waals surface area (Å²) in [5.41, 5.74) is 0.899. The van der Waals surface area contributed by atoms with E-state index in [2.05, 4.69) is 24.1 Å². The van der Waals surface area contributed by atoms with Gasteiger partial charge in [-0.15, -0.1) is 11.3 Å². The minimum atomic E-state index is 0.405. The number of furan rings is 1.